The zero-order valence-corrected chi connectivity index (χ0v) is 11.4. The maximum absolute atomic E-state index is 5.51. The van der Waals surface area contributed by atoms with Gasteiger partial charge < -0.3 is 19.7 Å². The summed E-state index contributed by atoms with van der Waals surface area (Å²) in [5.41, 5.74) is 0. The van der Waals surface area contributed by atoms with E-state index in [-0.39, 0.29) is 0 Å². The van der Waals surface area contributed by atoms with Crippen molar-refractivity contribution in [2.24, 2.45) is 5.92 Å². The molecule has 1 aliphatic heterocycles. The summed E-state index contributed by atoms with van der Waals surface area (Å²) in [6.07, 6.45) is 2.69. The van der Waals surface area contributed by atoms with Crippen molar-refractivity contribution in [3.63, 3.8) is 0 Å². The molecule has 0 aromatic heterocycles. The summed E-state index contributed by atoms with van der Waals surface area (Å²) in [5.74, 6) is 0.817. The smallest absolute Gasteiger partial charge is 0.0701 e. The molecule has 0 spiro atoms. The highest BCUT2D eigenvalue weighted by Gasteiger charge is 2.14. The lowest BCUT2D eigenvalue weighted by Crippen LogP contribution is -2.37. The molecule has 0 bridgehead atoms. The molecule has 1 fully saturated rings. The molecule has 1 saturated heterocycles. The van der Waals surface area contributed by atoms with Crippen molar-refractivity contribution in [2.45, 2.75) is 19.8 Å². The Morgan fingerprint density at radius 2 is 2.06 bits per heavy atom. The molecule has 1 N–H and O–H groups in total. The third kappa shape index (κ3) is 7.71. The minimum atomic E-state index is 0.715. The van der Waals surface area contributed by atoms with E-state index in [0.29, 0.717) is 13.2 Å². The van der Waals surface area contributed by atoms with Crippen LogP contribution in [0.4, 0.5) is 0 Å². The van der Waals surface area contributed by atoms with Gasteiger partial charge in [-0.3, -0.25) is 0 Å². The molecule has 0 aliphatic carbocycles. The second-order valence-electron chi connectivity index (χ2n) is 4.78. The molecule has 102 valence electrons. The lowest BCUT2D eigenvalue weighted by molar-refractivity contribution is 0.0436. The Bertz CT molecular complexity index is 173. The predicted molar refractivity (Wildman–Crippen MR) is 70.4 cm³/mol. The van der Waals surface area contributed by atoms with Crippen LogP contribution in [0.5, 0.6) is 0 Å². The standard InChI is InChI=1S/C13H28N2O2/c1-3-16-9-10-17-8-7-15(2)12-13-5-4-6-14-11-13/h13-14H,3-12H2,1-2H3. The van der Waals surface area contributed by atoms with Gasteiger partial charge in [0.05, 0.1) is 19.8 Å². The van der Waals surface area contributed by atoms with E-state index >= 15 is 0 Å². The quantitative estimate of drug-likeness (QED) is 0.613. The number of ether oxygens (including phenoxy) is 2. The Hall–Kier alpha value is -0.160. The summed E-state index contributed by atoms with van der Waals surface area (Å²) in [4.78, 5) is 2.37. The first-order chi connectivity index (χ1) is 8.33. The van der Waals surface area contributed by atoms with Crippen molar-refractivity contribution in [1.29, 1.82) is 0 Å². The maximum atomic E-state index is 5.51. The number of nitrogens with zero attached hydrogens (tertiary/aromatic N) is 1. The highest BCUT2D eigenvalue weighted by Crippen LogP contribution is 2.10. The lowest BCUT2D eigenvalue weighted by atomic mass is 9.99. The molecule has 4 nitrogen and oxygen atoms in total. The molecule has 1 rings (SSSR count). The monoisotopic (exact) mass is 244 g/mol. The summed E-state index contributed by atoms with van der Waals surface area (Å²) in [5, 5.41) is 3.46. The van der Waals surface area contributed by atoms with Crippen molar-refractivity contribution in [3.05, 3.63) is 0 Å². The van der Waals surface area contributed by atoms with Gasteiger partial charge in [0.25, 0.3) is 0 Å². The molecule has 0 aromatic rings. The number of piperidine rings is 1. The van der Waals surface area contributed by atoms with Crippen LogP contribution in [0.3, 0.4) is 0 Å². The van der Waals surface area contributed by atoms with Gasteiger partial charge in [0, 0.05) is 19.7 Å². The molecule has 17 heavy (non-hydrogen) atoms. The van der Waals surface area contributed by atoms with Gasteiger partial charge in [-0.25, -0.2) is 0 Å². The number of likely N-dealkylation sites (N-methyl/N-ethyl adjacent to an activating group) is 1. The van der Waals surface area contributed by atoms with Gasteiger partial charge in [0.2, 0.25) is 0 Å². The molecule has 1 aliphatic rings. The van der Waals surface area contributed by atoms with Gasteiger partial charge >= 0.3 is 0 Å². The molecule has 0 aromatic carbocycles. The van der Waals surface area contributed by atoms with E-state index in [1.165, 1.54) is 32.5 Å². The zero-order chi connectivity index (χ0) is 12.3. The third-order valence-corrected chi connectivity index (χ3v) is 3.16. The van der Waals surface area contributed by atoms with E-state index in [2.05, 4.69) is 17.3 Å². The van der Waals surface area contributed by atoms with Crippen LogP contribution >= 0.6 is 0 Å². The molecule has 1 heterocycles. The fraction of sp³-hybridized carbons (Fsp3) is 1.00. The first-order valence-corrected chi connectivity index (χ1v) is 6.87. The fourth-order valence-corrected chi connectivity index (χ4v) is 2.20. The predicted octanol–water partition coefficient (Wildman–Crippen LogP) is 0.971. The molecule has 1 atom stereocenters. The highest BCUT2D eigenvalue weighted by molar-refractivity contribution is 4.71. The van der Waals surface area contributed by atoms with Crippen LogP contribution in [0, 0.1) is 5.92 Å². The first-order valence-electron chi connectivity index (χ1n) is 6.87. The van der Waals surface area contributed by atoms with E-state index < -0.39 is 0 Å². The summed E-state index contributed by atoms with van der Waals surface area (Å²) in [6, 6.07) is 0. The van der Waals surface area contributed by atoms with Gasteiger partial charge in [-0.15, -0.1) is 0 Å². The van der Waals surface area contributed by atoms with Gasteiger partial charge in [-0.05, 0) is 45.8 Å². The summed E-state index contributed by atoms with van der Waals surface area (Å²) >= 11 is 0. The highest BCUT2D eigenvalue weighted by atomic mass is 16.5. The summed E-state index contributed by atoms with van der Waals surface area (Å²) in [7, 11) is 2.18. The van der Waals surface area contributed by atoms with Gasteiger partial charge in [0.15, 0.2) is 0 Å². The van der Waals surface area contributed by atoms with E-state index in [1.54, 1.807) is 0 Å². The van der Waals surface area contributed by atoms with Crippen molar-refractivity contribution in [2.75, 3.05) is 59.7 Å². The molecule has 0 saturated carbocycles. The SMILES string of the molecule is CCOCCOCCN(C)CC1CCCNC1. The summed E-state index contributed by atoms with van der Waals surface area (Å²) < 4.78 is 10.7. The van der Waals surface area contributed by atoms with Crippen LogP contribution in [0.15, 0.2) is 0 Å². The van der Waals surface area contributed by atoms with Crippen LogP contribution in [0.25, 0.3) is 0 Å². The summed E-state index contributed by atoms with van der Waals surface area (Å²) in [6.45, 7) is 9.59. The Balaban J connectivity index is 1.91. The zero-order valence-electron chi connectivity index (χ0n) is 11.4. The van der Waals surface area contributed by atoms with Crippen LogP contribution in [-0.4, -0.2) is 64.6 Å². The minimum Gasteiger partial charge on any atom is -0.379 e. The minimum absolute atomic E-state index is 0.715. The largest absolute Gasteiger partial charge is 0.379 e. The van der Waals surface area contributed by atoms with Crippen LogP contribution in [0.1, 0.15) is 19.8 Å². The van der Waals surface area contributed by atoms with E-state index in [1.807, 2.05) is 6.92 Å². The van der Waals surface area contributed by atoms with Crippen LogP contribution in [-0.2, 0) is 9.47 Å². The lowest BCUT2D eigenvalue weighted by Gasteiger charge is -2.27. The average Bonchev–Trinajstić information content (AvgIpc) is 2.35. The molecule has 4 heteroatoms. The van der Waals surface area contributed by atoms with Crippen molar-refractivity contribution in [1.82, 2.24) is 10.2 Å². The van der Waals surface area contributed by atoms with Crippen molar-refractivity contribution < 1.29 is 9.47 Å². The molecule has 0 radical (unpaired) electrons. The Kier molecular flexibility index (Phi) is 8.61. The van der Waals surface area contributed by atoms with E-state index in [4.69, 9.17) is 9.47 Å². The molecular weight excluding hydrogens is 216 g/mol. The average molecular weight is 244 g/mol. The number of hydrogen-bond donors (Lipinski definition) is 1. The first kappa shape index (κ1) is 14.9. The Labute approximate surface area is 106 Å². The topological polar surface area (TPSA) is 33.7 Å². The molecule has 0 amide bonds. The fourth-order valence-electron chi connectivity index (χ4n) is 2.20. The number of nitrogens with one attached hydrogen (secondary N) is 1. The normalized spacial score (nSPS) is 21.0. The van der Waals surface area contributed by atoms with Crippen LogP contribution < -0.4 is 5.32 Å². The number of rotatable bonds is 9. The van der Waals surface area contributed by atoms with Gasteiger partial charge in [0.1, 0.15) is 0 Å². The van der Waals surface area contributed by atoms with Crippen LogP contribution in [0.2, 0.25) is 0 Å². The third-order valence-electron chi connectivity index (χ3n) is 3.16. The van der Waals surface area contributed by atoms with Crippen molar-refractivity contribution >= 4 is 0 Å². The van der Waals surface area contributed by atoms with E-state index in [9.17, 15) is 0 Å². The van der Waals surface area contributed by atoms with Gasteiger partial charge in [-0.1, -0.05) is 0 Å². The Morgan fingerprint density at radius 1 is 1.24 bits per heavy atom. The molecular formula is C13H28N2O2. The maximum Gasteiger partial charge on any atom is 0.0701 e. The Morgan fingerprint density at radius 3 is 2.76 bits per heavy atom. The second-order valence-corrected chi connectivity index (χ2v) is 4.78. The van der Waals surface area contributed by atoms with Gasteiger partial charge in [-0.2, -0.15) is 0 Å². The molecule has 1 unspecified atom stereocenters. The second kappa shape index (κ2) is 9.83. The van der Waals surface area contributed by atoms with Crippen molar-refractivity contribution in [3.8, 4) is 0 Å². The van der Waals surface area contributed by atoms with E-state index in [0.717, 1.165) is 25.7 Å². The number of hydrogen-bond acceptors (Lipinski definition) is 4.